The second kappa shape index (κ2) is 4.41. The van der Waals surface area contributed by atoms with Crippen LogP contribution in [0.3, 0.4) is 0 Å². The molecule has 0 saturated carbocycles. The van der Waals surface area contributed by atoms with Crippen LogP contribution < -0.4 is 5.73 Å². The van der Waals surface area contributed by atoms with Crippen molar-refractivity contribution in [3.63, 3.8) is 0 Å². The predicted molar refractivity (Wildman–Crippen MR) is 51.0 cm³/mol. The van der Waals surface area contributed by atoms with Crippen LogP contribution in [0, 0.1) is 29.1 Å². The number of rotatable bonds is 2. The Bertz CT molecular complexity index is 553. The summed E-state index contributed by atoms with van der Waals surface area (Å²) in [5, 5.41) is 0. The Morgan fingerprint density at radius 2 is 1.39 bits per heavy atom. The quantitative estimate of drug-likeness (QED) is 0.514. The third-order valence-electron chi connectivity index (χ3n) is 2.40. The van der Waals surface area contributed by atoms with E-state index in [2.05, 4.69) is 0 Å². The van der Waals surface area contributed by atoms with Crippen LogP contribution in [0.2, 0.25) is 0 Å². The highest BCUT2D eigenvalue weighted by Crippen LogP contribution is 2.30. The van der Waals surface area contributed by atoms with Gasteiger partial charge in [-0.1, -0.05) is 0 Å². The first-order chi connectivity index (χ1) is 8.45. The maximum atomic E-state index is 13.4. The Kier molecular flexibility index (Phi) is 3.08. The molecule has 1 aromatic carbocycles. The van der Waals surface area contributed by atoms with E-state index in [1.807, 2.05) is 0 Å². The Balaban J connectivity index is 2.65. The van der Waals surface area contributed by atoms with Gasteiger partial charge >= 0.3 is 0 Å². The molecule has 0 radical (unpaired) electrons. The van der Waals surface area contributed by atoms with Crippen LogP contribution in [0.25, 0.3) is 0 Å². The lowest BCUT2D eigenvalue weighted by Gasteiger charge is -2.13. The second-order valence-electron chi connectivity index (χ2n) is 3.48. The van der Waals surface area contributed by atoms with Crippen molar-refractivity contribution in [2.45, 2.75) is 6.04 Å². The van der Waals surface area contributed by atoms with Crippen LogP contribution in [0.4, 0.5) is 22.0 Å². The van der Waals surface area contributed by atoms with Crippen molar-refractivity contribution >= 4 is 0 Å². The van der Waals surface area contributed by atoms with E-state index in [-0.39, 0.29) is 5.76 Å². The standard InChI is InChI=1S/C11H6F5NO/c12-6-5(11(17)4-2-1-3-18-4)7(13)9(15)10(16)8(6)14/h1-3,11H,17H2. The lowest BCUT2D eigenvalue weighted by atomic mass is 10.0. The molecule has 0 aliphatic heterocycles. The van der Waals surface area contributed by atoms with Gasteiger partial charge in [0.15, 0.2) is 23.3 Å². The zero-order chi connectivity index (χ0) is 13.4. The molecule has 1 aromatic heterocycles. The van der Waals surface area contributed by atoms with Crippen LogP contribution in [0.5, 0.6) is 0 Å². The molecule has 1 atom stereocenters. The van der Waals surface area contributed by atoms with Crippen molar-refractivity contribution in [2.75, 3.05) is 0 Å². The van der Waals surface area contributed by atoms with Gasteiger partial charge in [0, 0.05) is 0 Å². The van der Waals surface area contributed by atoms with E-state index in [4.69, 9.17) is 10.2 Å². The number of benzene rings is 1. The number of furan rings is 1. The molecular formula is C11H6F5NO. The van der Waals surface area contributed by atoms with E-state index in [1.54, 1.807) is 0 Å². The van der Waals surface area contributed by atoms with Crippen LogP contribution in [0.1, 0.15) is 17.4 Å². The summed E-state index contributed by atoms with van der Waals surface area (Å²) in [5.74, 6) is -10.3. The van der Waals surface area contributed by atoms with Gasteiger partial charge in [0.25, 0.3) is 0 Å². The van der Waals surface area contributed by atoms with E-state index < -0.39 is 40.7 Å². The molecule has 0 spiro atoms. The summed E-state index contributed by atoms with van der Waals surface area (Å²) < 4.78 is 70.3. The van der Waals surface area contributed by atoms with Gasteiger partial charge in [0.05, 0.1) is 17.9 Å². The first kappa shape index (κ1) is 12.6. The van der Waals surface area contributed by atoms with Gasteiger partial charge in [-0.15, -0.1) is 0 Å². The highest BCUT2D eigenvalue weighted by Gasteiger charge is 2.30. The lowest BCUT2D eigenvalue weighted by molar-refractivity contribution is 0.362. The van der Waals surface area contributed by atoms with Gasteiger partial charge in [0.2, 0.25) is 5.82 Å². The van der Waals surface area contributed by atoms with E-state index in [9.17, 15) is 22.0 Å². The van der Waals surface area contributed by atoms with Crippen LogP contribution in [0.15, 0.2) is 22.8 Å². The minimum atomic E-state index is -2.22. The number of hydrogen-bond acceptors (Lipinski definition) is 2. The Morgan fingerprint density at radius 3 is 1.83 bits per heavy atom. The summed E-state index contributed by atoms with van der Waals surface area (Å²) in [7, 11) is 0. The average Bonchev–Trinajstić information content (AvgIpc) is 2.88. The van der Waals surface area contributed by atoms with Crippen molar-refractivity contribution in [3.8, 4) is 0 Å². The Morgan fingerprint density at radius 1 is 0.889 bits per heavy atom. The van der Waals surface area contributed by atoms with Crippen molar-refractivity contribution in [2.24, 2.45) is 5.73 Å². The summed E-state index contributed by atoms with van der Waals surface area (Å²) in [4.78, 5) is 0. The van der Waals surface area contributed by atoms with E-state index >= 15 is 0 Å². The molecule has 0 fully saturated rings. The highest BCUT2D eigenvalue weighted by atomic mass is 19.2. The third-order valence-corrected chi connectivity index (χ3v) is 2.40. The minimum Gasteiger partial charge on any atom is -0.467 e. The zero-order valence-electron chi connectivity index (χ0n) is 8.68. The molecule has 2 N–H and O–H groups in total. The molecule has 0 bridgehead atoms. The molecular weight excluding hydrogens is 257 g/mol. The van der Waals surface area contributed by atoms with E-state index in [0.717, 1.165) is 0 Å². The van der Waals surface area contributed by atoms with Crippen LogP contribution in [-0.4, -0.2) is 0 Å². The molecule has 18 heavy (non-hydrogen) atoms. The maximum Gasteiger partial charge on any atom is 0.200 e. The summed E-state index contributed by atoms with van der Waals surface area (Å²) in [6, 6.07) is 1.06. The normalized spacial score (nSPS) is 12.8. The summed E-state index contributed by atoms with van der Waals surface area (Å²) in [6.07, 6.45) is 1.17. The molecule has 1 unspecified atom stereocenters. The van der Waals surface area contributed by atoms with Crippen LogP contribution in [-0.2, 0) is 0 Å². The van der Waals surface area contributed by atoms with Gasteiger partial charge in [-0.05, 0) is 12.1 Å². The largest absolute Gasteiger partial charge is 0.467 e. The van der Waals surface area contributed by atoms with Crippen LogP contribution >= 0.6 is 0 Å². The summed E-state index contributed by atoms with van der Waals surface area (Å²) >= 11 is 0. The number of hydrogen-bond donors (Lipinski definition) is 1. The molecule has 0 aliphatic carbocycles. The van der Waals surface area contributed by atoms with Gasteiger partial charge in [0.1, 0.15) is 5.76 Å². The fraction of sp³-hybridized carbons (Fsp3) is 0.0909. The summed E-state index contributed by atoms with van der Waals surface area (Å²) in [5.41, 5.74) is 4.30. The van der Waals surface area contributed by atoms with Crippen molar-refractivity contribution in [1.82, 2.24) is 0 Å². The first-order valence-corrected chi connectivity index (χ1v) is 4.75. The molecule has 96 valence electrons. The molecule has 0 aliphatic rings. The summed E-state index contributed by atoms with van der Waals surface area (Å²) in [6.45, 7) is 0. The van der Waals surface area contributed by atoms with Gasteiger partial charge in [-0.3, -0.25) is 0 Å². The topological polar surface area (TPSA) is 39.2 Å². The zero-order valence-corrected chi connectivity index (χ0v) is 8.68. The highest BCUT2D eigenvalue weighted by molar-refractivity contribution is 5.31. The molecule has 2 aromatic rings. The fourth-order valence-corrected chi connectivity index (χ4v) is 1.51. The second-order valence-corrected chi connectivity index (χ2v) is 3.48. The Labute approximate surface area is 97.8 Å². The molecule has 7 heteroatoms. The predicted octanol–water partition coefficient (Wildman–Crippen LogP) is 3.02. The maximum absolute atomic E-state index is 13.4. The number of halogens is 5. The van der Waals surface area contributed by atoms with Gasteiger partial charge < -0.3 is 10.2 Å². The monoisotopic (exact) mass is 263 g/mol. The smallest absolute Gasteiger partial charge is 0.200 e. The average molecular weight is 263 g/mol. The van der Waals surface area contributed by atoms with Crippen molar-refractivity contribution < 1.29 is 26.4 Å². The molecule has 2 nitrogen and oxygen atoms in total. The van der Waals surface area contributed by atoms with Crippen molar-refractivity contribution in [1.29, 1.82) is 0 Å². The third kappa shape index (κ3) is 1.76. The van der Waals surface area contributed by atoms with Crippen molar-refractivity contribution in [3.05, 3.63) is 58.8 Å². The van der Waals surface area contributed by atoms with Gasteiger partial charge in [-0.2, -0.15) is 0 Å². The van der Waals surface area contributed by atoms with E-state index in [1.165, 1.54) is 18.4 Å². The van der Waals surface area contributed by atoms with Gasteiger partial charge in [-0.25, -0.2) is 22.0 Å². The fourth-order valence-electron chi connectivity index (χ4n) is 1.51. The lowest BCUT2D eigenvalue weighted by Crippen LogP contribution is -2.18. The first-order valence-electron chi connectivity index (χ1n) is 4.75. The molecule has 2 rings (SSSR count). The minimum absolute atomic E-state index is 0.113. The molecule has 0 saturated heterocycles. The SMILES string of the molecule is NC(c1ccco1)c1c(F)c(F)c(F)c(F)c1F. The molecule has 1 heterocycles. The number of nitrogens with two attached hydrogens (primary N) is 1. The Hall–Kier alpha value is -1.89. The molecule has 0 amide bonds. The van der Waals surface area contributed by atoms with E-state index in [0.29, 0.717) is 0 Å².